The zero-order chi connectivity index (χ0) is 19.3. The Balaban J connectivity index is 2.43. The summed E-state index contributed by atoms with van der Waals surface area (Å²) >= 11 is 0. The number of benzene rings is 2. The Morgan fingerprint density at radius 3 is 2.38 bits per heavy atom. The Hall–Kier alpha value is -2.69. The second-order valence-corrected chi connectivity index (χ2v) is 6.36. The van der Waals surface area contributed by atoms with Gasteiger partial charge in [0.15, 0.2) is 11.6 Å². The van der Waals surface area contributed by atoms with Crippen LogP contribution in [0.5, 0.6) is 5.75 Å². The number of nitrogens with one attached hydrogen (secondary N) is 1. The molecule has 2 atom stereocenters. The molecule has 0 spiro atoms. The first kappa shape index (κ1) is 19.6. The summed E-state index contributed by atoms with van der Waals surface area (Å²) in [4.78, 5) is 23.9. The zero-order valence-electron chi connectivity index (χ0n) is 15.5. The molecule has 0 unspecified atom stereocenters. The summed E-state index contributed by atoms with van der Waals surface area (Å²) in [7, 11) is 0. The van der Waals surface area contributed by atoms with Gasteiger partial charge in [-0.1, -0.05) is 44.2 Å². The maximum absolute atomic E-state index is 14.6. The molecule has 4 nitrogen and oxygen atoms in total. The highest BCUT2D eigenvalue weighted by molar-refractivity contribution is 5.99. The molecule has 2 aromatic carbocycles. The van der Waals surface area contributed by atoms with Crippen LogP contribution in [0.1, 0.15) is 56.1 Å². The second kappa shape index (κ2) is 8.61. The van der Waals surface area contributed by atoms with Crippen molar-refractivity contribution < 1.29 is 18.7 Å². The molecule has 0 aromatic heterocycles. The minimum absolute atomic E-state index is 0.0546. The molecule has 138 valence electrons. The van der Waals surface area contributed by atoms with Crippen LogP contribution in [0.25, 0.3) is 0 Å². The number of carbonyl (C=O) groups is 2. The minimum Gasteiger partial charge on any atom is -0.484 e. The van der Waals surface area contributed by atoms with E-state index < -0.39 is 11.7 Å². The molecule has 0 aliphatic carbocycles. The summed E-state index contributed by atoms with van der Waals surface area (Å²) in [6, 6.07) is 12.1. The van der Waals surface area contributed by atoms with Crippen molar-refractivity contribution in [3.05, 3.63) is 59.4 Å². The van der Waals surface area contributed by atoms with Gasteiger partial charge in [0.2, 0.25) is 5.91 Å². The van der Waals surface area contributed by atoms with E-state index in [1.165, 1.54) is 13.0 Å². The smallest absolute Gasteiger partial charge is 0.221 e. The monoisotopic (exact) mass is 357 g/mol. The van der Waals surface area contributed by atoms with Crippen molar-refractivity contribution in [3.8, 4) is 5.75 Å². The first-order valence-electron chi connectivity index (χ1n) is 8.70. The van der Waals surface area contributed by atoms with Gasteiger partial charge in [-0.15, -0.1) is 0 Å². The second-order valence-electron chi connectivity index (χ2n) is 6.36. The molecule has 2 rings (SSSR count). The molecule has 1 amide bonds. The highest BCUT2D eigenvalue weighted by atomic mass is 19.1. The first-order valence-corrected chi connectivity index (χ1v) is 8.70. The lowest BCUT2D eigenvalue weighted by atomic mass is 9.96. The average Bonchev–Trinajstić information content (AvgIpc) is 2.63. The Kier molecular flexibility index (Phi) is 6.50. The van der Waals surface area contributed by atoms with Gasteiger partial charge in [0, 0.05) is 18.4 Å². The standard InChI is InChI=1S/C21H24FNO3/c1-5-13(2)21(25)17-11-18(22)20(23-15(4)24)19(12-17)26-14(3)16-9-7-6-8-10-16/h6-14H,5H2,1-4H3,(H,23,24)/t13-,14+/m1/s1. The number of anilines is 1. The molecule has 0 radical (unpaired) electrons. The number of ketones is 1. The highest BCUT2D eigenvalue weighted by Gasteiger charge is 2.21. The number of carbonyl (C=O) groups excluding carboxylic acids is 2. The average molecular weight is 357 g/mol. The fraction of sp³-hybridized carbons (Fsp3) is 0.333. The van der Waals surface area contributed by atoms with Gasteiger partial charge in [-0.05, 0) is 31.0 Å². The molecule has 0 fully saturated rings. The molecular formula is C21H24FNO3. The van der Waals surface area contributed by atoms with Gasteiger partial charge in [0.05, 0.1) is 0 Å². The molecule has 2 aromatic rings. The van der Waals surface area contributed by atoms with Crippen molar-refractivity contribution in [3.63, 3.8) is 0 Å². The van der Waals surface area contributed by atoms with Crippen LogP contribution in [0.3, 0.4) is 0 Å². The van der Waals surface area contributed by atoms with Crippen LogP contribution in [0, 0.1) is 11.7 Å². The molecule has 0 heterocycles. The predicted octanol–water partition coefficient (Wildman–Crippen LogP) is 5.15. The van der Waals surface area contributed by atoms with E-state index in [4.69, 9.17) is 4.74 Å². The largest absolute Gasteiger partial charge is 0.484 e. The quantitative estimate of drug-likeness (QED) is 0.697. The summed E-state index contributed by atoms with van der Waals surface area (Å²) in [5.41, 5.74) is 1.09. The normalized spacial score (nSPS) is 13.0. The number of ether oxygens (including phenoxy) is 1. The van der Waals surface area contributed by atoms with Gasteiger partial charge in [-0.2, -0.15) is 0 Å². The summed E-state index contributed by atoms with van der Waals surface area (Å²) in [5.74, 6) is -1.34. The van der Waals surface area contributed by atoms with Gasteiger partial charge < -0.3 is 10.1 Å². The number of amides is 1. The first-order chi connectivity index (χ1) is 12.3. The van der Waals surface area contributed by atoms with E-state index in [9.17, 15) is 14.0 Å². The van der Waals surface area contributed by atoms with Crippen molar-refractivity contribution in [1.29, 1.82) is 0 Å². The molecule has 26 heavy (non-hydrogen) atoms. The Labute approximate surface area is 153 Å². The van der Waals surface area contributed by atoms with Crippen molar-refractivity contribution >= 4 is 17.4 Å². The maximum Gasteiger partial charge on any atom is 0.221 e. The third kappa shape index (κ3) is 4.69. The molecule has 1 N–H and O–H groups in total. The van der Waals surface area contributed by atoms with E-state index in [1.54, 1.807) is 6.92 Å². The van der Waals surface area contributed by atoms with E-state index >= 15 is 0 Å². The number of rotatable bonds is 7. The number of hydrogen-bond acceptors (Lipinski definition) is 3. The Bertz CT molecular complexity index is 789. The maximum atomic E-state index is 14.6. The summed E-state index contributed by atoms with van der Waals surface area (Å²) in [5, 5.41) is 2.46. The highest BCUT2D eigenvalue weighted by Crippen LogP contribution is 2.34. The lowest BCUT2D eigenvalue weighted by molar-refractivity contribution is -0.114. The van der Waals surface area contributed by atoms with Crippen LogP contribution < -0.4 is 10.1 Å². The third-order valence-corrected chi connectivity index (χ3v) is 4.27. The molecule has 0 aliphatic heterocycles. The third-order valence-electron chi connectivity index (χ3n) is 4.27. The topological polar surface area (TPSA) is 55.4 Å². The van der Waals surface area contributed by atoms with E-state index in [0.717, 1.165) is 11.6 Å². The fourth-order valence-corrected chi connectivity index (χ4v) is 2.57. The van der Waals surface area contributed by atoms with Crippen molar-refractivity contribution in [1.82, 2.24) is 0 Å². The lowest BCUT2D eigenvalue weighted by Gasteiger charge is -2.20. The summed E-state index contributed by atoms with van der Waals surface area (Å²) in [6.45, 7) is 6.82. The van der Waals surface area contributed by atoms with Crippen LogP contribution in [0.15, 0.2) is 42.5 Å². The van der Waals surface area contributed by atoms with Crippen molar-refractivity contribution in [2.45, 2.75) is 40.2 Å². The molecule has 5 heteroatoms. The van der Waals surface area contributed by atoms with Crippen LogP contribution in [-0.2, 0) is 4.79 Å². The SMILES string of the molecule is CC[C@@H](C)C(=O)c1cc(F)c(NC(C)=O)c(O[C@@H](C)c2ccccc2)c1. The van der Waals surface area contributed by atoms with Crippen LogP contribution in [-0.4, -0.2) is 11.7 Å². The van der Waals surface area contributed by atoms with Crippen LogP contribution >= 0.6 is 0 Å². The number of halogens is 1. The molecular weight excluding hydrogens is 333 g/mol. The Morgan fingerprint density at radius 1 is 1.15 bits per heavy atom. The van der Waals surface area contributed by atoms with Crippen molar-refractivity contribution in [2.75, 3.05) is 5.32 Å². The van der Waals surface area contributed by atoms with Crippen LogP contribution in [0.2, 0.25) is 0 Å². The van der Waals surface area contributed by atoms with Gasteiger partial charge in [-0.25, -0.2) is 4.39 Å². The van der Waals surface area contributed by atoms with Gasteiger partial charge in [0.25, 0.3) is 0 Å². The summed E-state index contributed by atoms with van der Waals surface area (Å²) < 4.78 is 20.5. The van der Waals surface area contributed by atoms with Crippen LogP contribution in [0.4, 0.5) is 10.1 Å². The van der Waals surface area contributed by atoms with Gasteiger partial charge in [0.1, 0.15) is 17.5 Å². The van der Waals surface area contributed by atoms with E-state index in [-0.39, 0.29) is 34.8 Å². The van der Waals surface area contributed by atoms with E-state index in [1.807, 2.05) is 44.2 Å². The van der Waals surface area contributed by atoms with Gasteiger partial charge in [-0.3, -0.25) is 9.59 Å². The number of hydrogen-bond donors (Lipinski definition) is 1. The fourth-order valence-electron chi connectivity index (χ4n) is 2.57. The number of Topliss-reactive ketones (excluding diaryl/α,β-unsaturated/α-hetero) is 1. The van der Waals surface area contributed by atoms with Crippen molar-refractivity contribution in [2.24, 2.45) is 5.92 Å². The van der Waals surface area contributed by atoms with E-state index in [0.29, 0.717) is 6.42 Å². The molecule has 0 saturated carbocycles. The van der Waals surface area contributed by atoms with Gasteiger partial charge >= 0.3 is 0 Å². The Morgan fingerprint density at radius 2 is 1.81 bits per heavy atom. The summed E-state index contributed by atoms with van der Waals surface area (Å²) in [6.07, 6.45) is 0.280. The molecule has 0 aliphatic rings. The molecule has 0 saturated heterocycles. The molecule has 0 bridgehead atoms. The van der Waals surface area contributed by atoms with E-state index in [2.05, 4.69) is 5.32 Å². The zero-order valence-corrected chi connectivity index (χ0v) is 15.5. The minimum atomic E-state index is -0.690. The predicted molar refractivity (Wildman–Crippen MR) is 100.0 cm³/mol. The lowest BCUT2D eigenvalue weighted by Crippen LogP contribution is -2.15.